The van der Waals surface area contributed by atoms with E-state index in [9.17, 15) is 0 Å². The molecular formula is C3H3Cl2N3. The Hall–Kier alpha value is -0.410. The number of aliphatic imine (C=N–C) groups is 1. The molecule has 0 saturated carbocycles. The lowest BCUT2D eigenvalue weighted by Crippen LogP contribution is -2.32. The molecule has 3 nitrogen and oxygen atoms in total. The highest BCUT2D eigenvalue weighted by atomic mass is 35.5. The average molecular weight is 152 g/mol. The van der Waals surface area contributed by atoms with Crippen LogP contribution in [0, 0.1) is 0 Å². The van der Waals surface area contributed by atoms with E-state index in [2.05, 4.69) is 15.8 Å². The van der Waals surface area contributed by atoms with Crippen LogP contribution >= 0.6 is 23.2 Å². The van der Waals surface area contributed by atoms with Gasteiger partial charge in [-0.15, -0.1) is 0 Å². The first-order valence-electron chi connectivity index (χ1n) is 1.90. The molecule has 0 saturated heterocycles. The van der Waals surface area contributed by atoms with Crippen molar-refractivity contribution in [1.82, 2.24) is 10.9 Å². The molecule has 1 aliphatic heterocycles. The second-order valence-electron chi connectivity index (χ2n) is 1.14. The Morgan fingerprint density at radius 3 is 2.62 bits per heavy atom. The highest BCUT2D eigenvalue weighted by Gasteiger charge is 1.97. The van der Waals surface area contributed by atoms with E-state index < -0.39 is 0 Å². The van der Waals surface area contributed by atoms with Crippen LogP contribution in [0.15, 0.2) is 16.3 Å². The van der Waals surface area contributed by atoms with Crippen molar-refractivity contribution in [1.29, 1.82) is 0 Å². The smallest absolute Gasteiger partial charge is 0.216 e. The van der Waals surface area contributed by atoms with E-state index in [1.807, 2.05) is 0 Å². The number of hydrogen-bond donors (Lipinski definition) is 2. The van der Waals surface area contributed by atoms with Crippen LogP contribution in [0.1, 0.15) is 0 Å². The van der Waals surface area contributed by atoms with Crippen LogP contribution in [-0.2, 0) is 0 Å². The van der Waals surface area contributed by atoms with Crippen LogP contribution in [0.2, 0.25) is 0 Å². The van der Waals surface area contributed by atoms with Gasteiger partial charge in [-0.05, 0) is 11.6 Å². The van der Waals surface area contributed by atoms with Crippen LogP contribution in [0.5, 0.6) is 0 Å². The Morgan fingerprint density at radius 1 is 1.50 bits per heavy atom. The summed E-state index contributed by atoms with van der Waals surface area (Å²) in [5, 5.41) is 0.589. The molecule has 0 amide bonds. The molecule has 0 aromatic rings. The molecule has 0 spiro atoms. The first-order valence-corrected chi connectivity index (χ1v) is 2.66. The van der Waals surface area contributed by atoms with E-state index in [0.717, 1.165) is 0 Å². The van der Waals surface area contributed by atoms with Crippen LogP contribution in [0.4, 0.5) is 0 Å². The molecule has 44 valence electrons. The molecule has 5 heteroatoms. The first-order chi connectivity index (χ1) is 3.79. The van der Waals surface area contributed by atoms with Gasteiger partial charge in [0.05, 0.1) is 6.20 Å². The quantitative estimate of drug-likeness (QED) is 0.502. The summed E-state index contributed by atoms with van der Waals surface area (Å²) in [5.74, 6) is 0. The molecular weight excluding hydrogens is 149 g/mol. The SMILES string of the molecule is ClC1=CNNC(Cl)=N1. The Labute approximate surface area is 56.3 Å². The number of rotatable bonds is 0. The topological polar surface area (TPSA) is 36.4 Å². The molecule has 8 heavy (non-hydrogen) atoms. The van der Waals surface area contributed by atoms with Crippen molar-refractivity contribution in [3.05, 3.63) is 11.4 Å². The zero-order valence-corrected chi connectivity index (χ0v) is 5.29. The minimum Gasteiger partial charge on any atom is -0.303 e. The van der Waals surface area contributed by atoms with Crippen LogP contribution in [0.3, 0.4) is 0 Å². The van der Waals surface area contributed by atoms with Gasteiger partial charge in [-0.25, -0.2) is 4.99 Å². The van der Waals surface area contributed by atoms with Gasteiger partial charge in [-0.1, -0.05) is 11.6 Å². The molecule has 0 atom stereocenters. The maximum atomic E-state index is 5.40. The molecule has 0 aliphatic carbocycles. The third-order valence-electron chi connectivity index (χ3n) is 0.572. The molecule has 1 rings (SSSR count). The average Bonchev–Trinajstić information content (AvgIpc) is 1.64. The Balaban J connectivity index is 2.69. The van der Waals surface area contributed by atoms with Crippen molar-refractivity contribution >= 4 is 28.5 Å². The van der Waals surface area contributed by atoms with Crippen LogP contribution < -0.4 is 10.9 Å². The number of hydrazine groups is 1. The second-order valence-corrected chi connectivity index (χ2v) is 1.88. The number of halogens is 2. The molecule has 1 aliphatic rings. The molecule has 0 bridgehead atoms. The fourth-order valence-electron chi connectivity index (χ4n) is 0.309. The number of nitrogens with one attached hydrogen (secondary N) is 2. The van der Waals surface area contributed by atoms with Gasteiger partial charge in [0.2, 0.25) is 5.29 Å². The maximum Gasteiger partial charge on any atom is 0.216 e. The fraction of sp³-hybridized carbons (Fsp3) is 0. The second kappa shape index (κ2) is 2.24. The van der Waals surface area contributed by atoms with E-state index in [4.69, 9.17) is 23.2 Å². The standard InChI is InChI=1S/C3H3Cl2N3/c4-2-1-6-8-3(5)7-2/h1,6H,(H,7,8). The van der Waals surface area contributed by atoms with Gasteiger partial charge in [0.1, 0.15) is 5.16 Å². The van der Waals surface area contributed by atoms with Gasteiger partial charge in [0, 0.05) is 0 Å². The Morgan fingerprint density at radius 2 is 2.25 bits per heavy atom. The largest absolute Gasteiger partial charge is 0.303 e. The van der Waals surface area contributed by atoms with Gasteiger partial charge in [0.15, 0.2) is 0 Å². The van der Waals surface area contributed by atoms with Gasteiger partial charge in [-0.2, -0.15) is 0 Å². The normalized spacial score (nSPS) is 17.8. The van der Waals surface area contributed by atoms with Gasteiger partial charge in [0.25, 0.3) is 0 Å². The highest BCUT2D eigenvalue weighted by molar-refractivity contribution is 6.65. The van der Waals surface area contributed by atoms with E-state index in [0.29, 0.717) is 5.16 Å². The van der Waals surface area contributed by atoms with E-state index >= 15 is 0 Å². The molecule has 1 heterocycles. The summed E-state index contributed by atoms with van der Waals surface area (Å²) in [4.78, 5) is 3.62. The van der Waals surface area contributed by atoms with Crippen molar-refractivity contribution in [3.63, 3.8) is 0 Å². The summed E-state index contributed by atoms with van der Waals surface area (Å²) in [7, 11) is 0. The van der Waals surface area contributed by atoms with Crippen LogP contribution in [-0.4, -0.2) is 5.29 Å². The fourth-order valence-corrected chi connectivity index (χ4v) is 0.637. The lowest BCUT2D eigenvalue weighted by Gasteiger charge is -2.06. The molecule has 2 N–H and O–H groups in total. The van der Waals surface area contributed by atoms with Crippen molar-refractivity contribution in [2.45, 2.75) is 0 Å². The van der Waals surface area contributed by atoms with Crippen molar-refractivity contribution < 1.29 is 0 Å². The third-order valence-corrected chi connectivity index (χ3v) is 0.944. The predicted molar refractivity (Wildman–Crippen MR) is 33.5 cm³/mol. The molecule has 0 radical (unpaired) electrons. The zero-order valence-electron chi connectivity index (χ0n) is 3.78. The summed E-state index contributed by atoms with van der Waals surface area (Å²) in [6, 6.07) is 0. The Bertz CT molecular complexity index is 151. The molecule has 0 unspecified atom stereocenters. The monoisotopic (exact) mass is 151 g/mol. The van der Waals surface area contributed by atoms with E-state index in [1.165, 1.54) is 6.20 Å². The minimum atomic E-state index is 0.248. The lowest BCUT2D eigenvalue weighted by atomic mass is 10.9. The zero-order chi connectivity index (χ0) is 5.98. The lowest BCUT2D eigenvalue weighted by molar-refractivity contribution is 0.808. The van der Waals surface area contributed by atoms with Gasteiger partial charge >= 0.3 is 0 Å². The summed E-state index contributed by atoms with van der Waals surface area (Å²) in [5.41, 5.74) is 5.09. The van der Waals surface area contributed by atoms with E-state index in [1.54, 1.807) is 0 Å². The van der Waals surface area contributed by atoms with Gasteiger partial charge < -0.3 is 5.43 Å². The number of hydrogen-bond acceptors (Lipinski definition) is 3. The minimum absolute atomic E-state index is 0.248. The Kier molecular flexibility index (Phi) is 1.60. The van der Waals surface area contributed by atoms with Crippen molar-refractivity contribution in [2.24, 2.45) is 4.99 Å². The van der Waals surface area contributed by atoms with E-state index in [-0.39, 0.29) is 5.29 Å². The first kappa shape index (κ1) is 5.72. The molecule has 0 fully saturated rings. The summed E-state index contributed by atoms with van der Waals surface area (Å²) in [6.45, 7) is 0. The van der Waals surface area contributed by atoms with Crippen LogP contribution in [0.25, 0.3) is 0 Å². The number of nitrogens with zero attached hydrogens (tertiary/aromatic N) is 1. The molecule has 0 aromatic carbocycles. The number of amidine groups is 1. The van der Waals surface area contributed by atoms with Crippen molar-refractivity contribution in [3.8, 4) is 0 Å². The summed E-state index contributed by atoms with van der Waals surface area (Å²) in [6.07, 6.45) is 1.49. The highest BCUT2D eigenvalue weighted by Crippen LogP contribution is 2.03. The van der Waals surface area contributed by atoms with Gasteiger partial charge in [-0.3, -0.25) is 5.43 Å². The maximum absolute atomic E-state index is 5.40. The third kappa shape index (κ3) is 1.28. The summed E-state index contributed by atoms with van der Waals surface area (Å²) < 4.78 is 0. The molecule has 0 aromatic heterocycles. The van der Waals surface area contributed by atoms with Crippen molar-refractivity contribution in [2.75, 3.05) is 0 Å². The summed E-state index contributed by atoms with van der Waals surface area (Å²) >= 11 is 10.8. The predicted octanol–water partition coefficient (Wildman–Crippen LogP) is 0.727.